The predicted octanol–water partition coefficient (Wildman–Crippen LogP) is 18.5. The molecule has 0 aliphatic heterocycles. The number of hydrogen-bond acceptors (Lipinski definition) is 2. The molecule has 1 nitrogen and oxygen atoms in total. The molecule has 1 aliphatic carbocycles. The largest absolute Gasteiger partial charge is 0.309 e. The van der Waals surface area contributed by atoms with Crippen molar-refractivity contribution in [1.29, 1.82) is 0 Å². The van der Waals surface area contributed by atoms with E-state index in [1.807, 2.05) is 11.3 Å². The van der Waals surface area contributed by atoms with Crippen LogP contribution in [0.5, 0.6) is 0 Å². The highest BCUT2D eigenvalue weighted by atomic mass is 32.1. The summed E-state index contributed by atoms with van der Waals surface area (Å²) in [6.45, 7) is 0. The molecule has 1 heterocycles. The fourth-order valence-corrected chi connectivity index (χ4v) is 11.9. The first-order valence-electron chi connectivity index (χ1n) is 22.9. The van der Waals surface area contributed by atoms with Gasteiger partial charge in [0.15, 0.2) is 0 Å². The summed E-state index contributed by atoms with van der Waals surface area (Å²) in [5.74, 6) is 0.567. The third-order valence-electron chi connectivity index (χ3n) is 13.7. The van der Waals surface area contributed by atoms with Gasteiger partial charge in [0.1, 0.15) is 0 Å². The van der Waals surface area contributed by atoms with Crippen molar-refractivity contribution in [2.45, 2.75) is 38.0 Å². The van der Waals surface area contributed by atoms with E-state index in [-0.39, 0.29) is 0 Å². The molecule has 10 aromatic carbocycles. The summed E-state index contributed by atoms with van der Waals surface area (Å²) >= 11 is 1.89. The van der Waals surface area contributed by atoms with Gasteiger partial charge in [-0.2, -0.15) is 0 Å². The average Bonchev–Trinajstić information content (AvgIpc) is 3.76. The van der Waals surface area contributed by atoms with Crippen molar-refractivity contribution < 1.29 is 0 Å². The van der Waals surface area contributed by atoms with Crippen LogP contribution < -0.4 is 4.90 Å². The molecule has 1 saturated carbocycles. The number of thiophene rings is 1. The number of para-hydroxylation sites is 1. The fourth-order valence-electron chi connectivity index (χ4n) is 10.7. The summed E-state index contributed by atoms with van der Waals surface area (Å²) in [6, 6.07) is 81.5. The highest BCUT2D eigenvalue weighted by molar-refractivity contribution is 7.26. The Morgan fingerprint density at radius 3 is 1.89 bits per heavy atom. The molecule has 0 saturated heterocycles. The Labute approximate surface area is 379 Å². The Kier molecular flexibility index (Phi) is 9.88. The summed E-state index contributed by atoms with van der Waals surface area (Å²) in [5, 5.41) is 7.81. The van der Waals surface area contributed by atoms with Crippen molar-refractivity contribution in [3.63, 3.8) is 0 Å². The molecule has 64 heavy (non-hydrogen) atoms. The van der Waals surface area contributed by atoms with E-state index in [1.54, 1.807) is 0 Å². The Balaban J connectivity index is 1.14. The van der Waals surface area contributed by atoms with Gasteiger partial charge in [-0.25, -0.2) is 0 Å². The number of fused-ring (bicyclic) bond motifs is 5. The van der Waals surface area contributed by atoms with Crippen LogP contribution in [0.1, 0.15) is 43.6 Å². The molecule has 1 fully saturated rings. The summed E-state index contributed by atoms with van der Waals surface area (Å²) in [7, 11) is 0. The number of hydrogen-bond donors (Lipinski definition) is 0. The quantitative estimate of drug-likeness (QED) is 0.147. The van der Waals surface area contributed by atoms with Gasteiger partial charge in [0.05, 0.1) is 11.4 Å². The van der Waals surface area contributed by atoms with E-state index in [2.05, 4.69) is 223 Å². The Morgan fingerprint density at radius 2 is 1.00 bits per heavy atom. The zero-order chi connectivity index (χ0) is 42.4. The van der Waals surface area contributed by atoms with Crippen LogP contribution in [0.25, 0.3) is 86.2 Å². The number of anilines is 3. The molecule has 2 heteroatoms. The van der Waals surface area contributed by atoms with Gasteiger partial charge in [-0.05, 0) is 110 Å². The predicted molar refractivity (Wildman–Crippen MR) is 277 cm³/mol. The fraction of sp³-hybridized carbons (Fsp3) is 0.0968. The van der Waals surface area contributed by atoms with Crippen LogP contribution in [0.4, 0.5) is 17.1 Å². The molecule has 0 unspecified atom stereocenters. The topological polar surface area (TPSA) is 3.24 Å². The van der Waals surface area contributed by atoms with Crippen LogP contribution in [0.2, 0.25) is 0 Å². The number of benzene rings is 10. The molecule has 306 valence electrons. The van der Waals surface area contributed by atoms with E-state index in [1.165, 1.54) is 124 Å². The lowest BCUT2D eigenvalue weighted by atomic mass is 9.80. The highest BCUT2D eigenvalue weighted by Gasteiger charge is 2.25. The minimum Gasteiger partial charge on any atom is -0.309 e. The molecule has 0 amide bonds. The van der Waals surface area contributed by atoms with Crippen molar-refractivity contribution in [3.05, 3.63) is 224 Å². The summed E-state index contributed by atoms with van der Waals surface area (Å²) in [5.41, 5.74) is 14.6. The van der Waals surface area contributed by atoms with E-state index in [0.29, 0.717) is 5.92 Å². The minimum atomic E-state index is 0.567. The van der Waals surface area contributed by atoms with Gasteiger partial charge in [0, 0.05) is 37.0 Å². The molecule has 0 atom stereocenters. The van der Waals surface area contributed by atoms with Crippen LogP contribution in [0, 0.1) is 0 Å². The van der Waals surface area contributed by atoms with Crippen molar-refractivity contribution in [1.82, 2.24) is 0 Å². The maximum absolute atomic E-state index is 2.56. The van der Waals surface area contributed by atoms with Crippen molar-refractivity contribution in [3.8, 4) is 44.5 Å². The highest BCUT2D eigenvalue weighted by Crippen LogP contribution is 2.50. The lowest BCUT2D eigenvalue weighted by Crippen LogP contribution is -2.13. The molecule has 11 aromatic rings. The van der Waals surface area contributed by atoms with Crippen LogP contribution in [0.3, 0.4) is 0 Å². The van der Waals surface area contributed by atoms with E-state index in [0.717, 1.165) is 17.1 Å². The van der Waals surface area contributed by atoms with E-state index >= 15 is 0 Å². The van der Waals surface area contributed by atoms with Gasteiger partial charge < -0.3 is 4.90 Å². The second-order valence-corrected chi connectivity index (χ2v) is 18.4. The van der Waals surface area contributed by atoms with Crippen LogP contribution >= 0.6 is 11.3 Å². The average molecular weight is 838 g/mol. The number of nitrogens with zero attached hydrogens (tertiary/aromatic N) is 1. The third kappa shape index (κ3) is 6.78. The SMILES string of the molecule is c1ccc(-c2ccc(-c3cccc4ccccc34)cc2N(c2cccc(-c3cccc4c3sc3ccccc34)c2)c2ccccc2-c2cccc3cccc(C4CCCCC4)c23)cc1. The van der Waals surface area contributed by atoms with Gasteiger partial charge >= 0.3 is 0 Å². The maximum Gasteiger partial charge on any atom is 0.0546 e. The molecule has 0 spiro atoms. The molecular formula is C62H47NS. The van der Waals surface area contributed by atoms with Gasteiger partial charge in [-0.3, -0.25) is 0 Å². The third-order valence-corrected chi connectivity index (χ3v) is 14.9. The first-order valence-corrected chi connectivity index (χ1v) is 23.7. The Morgan fingerprint density at radius 1 is 0.375 bits per heavy atom. The van der Waals surface area contributed by atoms with Crippen molar-refractivity contribution in [2.24, 2.45) is 0 Å². The lowest BCUT2D eigenvalue weighted by molar-refractivity contribution is 0.445. The molecule has 0 radical (unpaired) electrons. The lowest BCUT2D eigenvalue weighted by Gasteiger charge is -2.31. The Hall–Kier alpha value is -7.26. The second-order valence-electron chi connectivity index (χ2n) is 17.4. The monoisotopic (exact) mass is 837 g/mol. The van der Waals surface area contributed by atoms with E-state index in [9.17, 15) is 0 Å². The Bertz CT molecular complexity index is 3490. The molecule has 12 rings (SSSR count). The molecule has 1 aliphatic rings. The molecule has 1 aromatic heterocycles. The first kappa shape index (κ1) is 38.4. The van der Waals surface area contributed by atoms with Crippen molar-refractivity contribution >= 4 is 70.1 Å². The summed E-state index contributed by atoms with van der Waals surface area (Å²) in [4.78, 5) is 2.56. The molecular weight excluding hydrogens is 791 g/mol. The van der Waals surface area contributed by atoms with Crippen LogP contribution in [-0.2, 0) is 0 Å². The van der Waals surface area contributed by atoms with Crippen LogP contribution in [-0.4, -0.2) is 0 Å². The van der Waals surface area contributed by atoms with Gasteiger partial charge in [-0.15, -0.1) is 11.3 Å². The minimum absolute atomic E-state index is 0.567. The van der Waals surface area contributed by atoms with E-state index < -0.39 is 0 Å². The summed E-state index contributed by atoms with van der Waals surface area (Å²) in [6.07, 6.45) is 6.44. The number of rotatable bonds is 8. The zero-order valence-corrected chi connectivity index (χ0v) is 36.6. The molecule has 0 N–H and O–H groups in total. The van der Waals surface area contributed by atoms with Crippen LogP contribution in [0.15, 0.2) is 218 Å². The first-order chi connectivity index (χ1) is 31.8. The normalized spacial score (nSPS) is 13.2. The maximum atomic E-state index is 2.56. The zero-order valence-electron chi connectivity index (χ0n) is 35.8. The van der Waals surface area contributed by atoms with E-state index in [4.69, 9.17) is 0 Å². The smallest absolute Gasteiger partial charge is 0.0546 e. The van der Waals surface area contributed by atoms with Gasteiger partial charge in [-0.1, -0.05) is 207 Å². The molecule has 0 bridgehead atoms. The second kappa shape index (κ2) is 16.5. The summed E-state index contributed by atoms with van der Waals surface area (Å²) < 4.78 is 2.64. The standard InChI is InChI=1S/C62H47NS/c1-3-18-43(19-4-1)51-39-38-47(50-31-14-23-42-22-7-8-28-49(42)50)41-59(51)63(48-27-13-26-46(40-48)53-33-17-35-57-55-30-10-12-37-60(55)64-62(53)57)58-36-11-9-29-54(58)56-34-16-25-45-24-15-32-52(61(45)56)44-20-5-2-6-21-44/h1,3-4,7-19,22-41,44H,2,5-6,20-21H2. The van der Waals surface area contributed by atoms with Gasteiger partial charge in [0.2, 0.25) is 0 Å². The van der Waals surface area contributed by atoms with Crippen molar-refractivity contribution in [2.75, 3.05) is 4.90 Å². The van der Waals surface area contributed by atoms with Gasteiger partial charge in [0.25, 0.3) is 0 Å².